The van der Waals surface area contributed by atoms with E-state index in [-0.39, 0.29) is 5.91 Å². The summed E-state index contributed by atoms with van der Waals surface area (Å²) in [5, 5.41) is 2.80. The van der Waals surface area contributed by atoms with Gasteiger partial charge in [-0.2, -0.15) is 0 Å². The van der Waals surface area contributed by atoms with Crippen molar-refractivity contribution in [2.75, 3.05) is 25.6 Å². The number of pyridine rings is 1. The predicted octanol–water partition coefficient (Wildman–Crippen LogP) is 2.33. The molecule has 1 saturated heterocycles. The van der Waals surface area contributed by atoms with Crippen LogP contribution in [0.15, 0.2) is 42.6 Å². The molecule has 1 aromatic carbocycles. The lowest BCUT2D eigenvalue weighted by Gasteiger charge is -2.31. The van der Waals surface area contributed by atoms with Gasteiger partial charge in [0.15, 0.2) is 0 Å². The highest BCUT2D eigenvalue weighted by Crippen LogP contribution is 2.24. The van der Waals surface area contributed by atoms with Crippen LogP contribution in [0, 0.1) is 0 Å². The summed E-state index contributed by atoms with van der Waals surface area (Å²) in [7, 11) is 1.61. The van der Waals surface area contributed by atoms with Gasteiger partial charge in [-0.1, -0.05) is 0 Å². The molecule has 1 fully saturated rings. The zero-order chi connectivity index (χ0) is 17.7. The first-order chi connectivity index (χ1) is 12.1. The highest BCUT2D eigenvalue weighted by molar-refractivity contribution is 5.97. The van der Waals surface area contributed by atoms with Crippen molar-refractivity contribution in [1.82, 2.24) is 4.98 Å². The number of ether oxygens (including phenoxy) is 3. The van der Waals surface area contributed by atoms with E-state index >= 15 is 0 Å². The number of carbonyl (C=O) groups is 1. The topological polar surface area (TPSA) is 95.7 Å². The van der Waals surface area contributed by atoms with Crippen molar-refractivity contribution >= 4 is 11.6 Å². The fraction of sp³-hybridized carbons (Fsp3) is 0.333. The van der Waals surface area contributed by atoms with E-state index in [0.717, 1.165) is 5.75 Å². The molecule has 1 aliphatic heterocycles. The number of carbonyl (C=O) groups excluding carboxylic acids is 1. The Hall–Kier alpha value is -2.64. The van der Waals surface area contributed by atoms with Gasteiger partial charge in [0.05, 0.1) is 19.0 Å². The van der Waals surface area contributed by atoms with Crippen LogP contribution in [0.2, 0.25) is 0 Å². The minimum absolute atomic E-state index is 0.221. The first kappa shape index (κ1) is 17.2. The second-order valence-corrected chi connectivity index (χ2v) is 5.89. The van der Waals surface area contributed by atoms with E-state index in [4.69, 9.17) is 19.9 Å². The Labute approximate surface area is 146 Å². The van der Waals surface area contributed by atoms with Crippen LogP contribution in [0.25, 0.3) is 0 Å². The van der Waals surface area contributed by atoms with Crippen molar-refractivity contribution in [3.63, 3.8) is 0 Å². The fourth-order valence-electron chi connectivity index (χ4n) is 2.50. The summed E-state index contributed by atoms with van der Waals surface area (Å²) in [6, 6.07) is 10.6. The maximum atomic E-state index is 12.4. The standard InChI is InChI=1S/C18H21N3O4/c1-23-14-3-5-15(6-4-14)25-16-7-2-13(12-20-16)21-17(22)18(19)8-10-24-11-9-18/h2-7,12H,8-11,19H2,1H3,(H,21,22). The smallest absolute Gasteiger partial charge is 0.244 e. The van der Waals surface area contributed by atoms with Crippen LogP contribution in [-0.4, -0.2) is 36.8 Å². The van der Waals surface area contributed by atoms with Crippen LogP contribution in [0.3, 0.4) is 0 Å². The van der Waals surface area contributed by atoms with E-state index in [2.05, 4.69) is 10.3 Å². The summed E-state index contributed by atoms with van der Waals surface area (Å²) in [6.07, 6.45) is 2.55. The number of aromatic nitrogens is 1. The number of nitrogens with two attached hydrogens (primary N) is 1. The lowest BCUT2D eigenvalue weighted by molar-refractivity contribution is -0.124. The lowest BCUT2D eigenvalue weighted by Crippen LogP contribution is -2.54. The van der Waals surface area contributed by atoms with Crippen LogP contribution >= 0.6 is 0 Å². The number of nitrogens with zero attached hydrogens (tertiary/aromatic N) is 1. The SMILES string of the molecule is COc1ccc(Oc2ccc(NC(=O)C3(N)CCOCC3)cn2)cc1. The van der Waals surface area contributed by atoms with Crippen LogP contribution < -0.4 is 20.5 Å². The van der Waals surface area contributed by atoms with E-state index < -0.39 is 5.54 Å². The molecule has 7 heteroatoms. The van der Waals surface area contributed by atoms with E-state index in [0.29, 0.717) is 43.4 Å². The molecule has 2 aromatic rings. The van der Waals surface area contributed by atoms with Gasteiger partial charge in [-0.3, -0.25) is 4.79 Å². The van der Waals surface area contributed by atoms with Crippen LogP contribution in [0.1, 0.15) is 12.8 Å². The average Bonchev–Trinajstić information content (AvgIpc) is 2.64. The Kier molecular flexibility index (Phi) is 5.16. The van der Waals surface area contributed by atoms with Gasteiger partial charge in [-0.05, 0) is 43.2 Å². The van der Waals surface area contributed by atoms with Crippen LogP contribution in [0.4, 0.5) is 5.69 Å². The van der Waals surface area contributed by atoms with Gasteiger partial charge in [0, 0.05) is 19.3 Å². The Balaban J connectivity index is 1.60. The van der Waals surface area contributed by atoms with Gasteiger partial charge in [0.1, 0.15) is 17.0 Å². The summed E-state index contributed by atoms with van der Waals surface area (Å²) < 4.78 is 16.0. The number of amides is 1. The van der Waals surface area contributed by atoms with E-state index in [1.165, 1.54) is 0 Å². The van der Waals surface area contributed by atoms with Gasteiger partial charge >= 0.3 is 0 Å². The molecule has 0 saturated carbocycles. The lowest BCUT2D eigenvalue weighted by atomic mass is 9.90. The van der Waals surface area contributed by atoms with Crippen LogP contribution in [0.5, 0.6) is 17.4 Å². The molecule has 7 nitrogen and oxygen atoms in total. The molecule has 3 N–H and O–H groups in total. The van der Waals surface area contributed by atoms with Crippen molar-refractivity contribution in [3.05, 3.63) is 42.6 Å². The Morgan fingerprint density at radius 1 is 1.16 bits per heavy atom. The van der Waals surface area contributed by atoms with E-state index in [9.17, 15) is 4.79 Å². The predicted molar refractivity (Wildman–Crippen MR) is 92.9 cm³/mol. The third-order valence-corrected chi connectivity index (χ3v) is 4.11. The molecular formula is C18H21N3O4. The summed E-state index contributed by atoms with van der Waals surface area (Å²) in [6.45, 7) is 0.994. The molecule has 1 aromatic heterocycles. The highest BCUT2D eigenvalue weighted by atomic mass is 16.5. The molecule has 132 valence electrons. The van der Waals surface area contributed by atoms with Gasteiger partial charge in [0.2, 0.25) is 11.8 Å². The normalized spacial score (nSPS) is 16.1. The molecule has 0 bridgehead atoms. The summed E-state index contributed by atoms with van der Waals surface area (Å²) in [5.74, 6) is 1.61. The molecule has 2 heterocycles. The van der Waals surface area contributed by atoms with E-state index in [1.54, 1.807) is 49.7 Å². The largest absolute Gasteiger partial charge is 0.497 e. The van der Waals surface area contributed by atoms with Gasteiger partial charge < -0.3 is 25.3 Å². The quantitative estimate of drug-likeness (QED) is 0.865. The first-order valence-electron chi connectivity index (χ1n) is 8.05. The number of nitrogens with one attached hydrogen (secondary N) is 1. The second kappa shape index (κ2) is 7.50. The van der Waals surface area contributed by atoms with Crippen molar-refractivity contribution in [3.8, 4) is 17.4 Å². The van der Waals surface area contributed by atoms with Crippen molar-refractivity contribution in [1.29, 1.82) is 0 Å². The van der Waals surface area contributed by atoms with Crippen molar-refractivity contribution in [2.45, 2.75) is 18.4 Å². The molecule has 0 radical (unpaired) electrons. The summed E-state index contributed by atoms with van der Waals surface area (Å²) in [5.41, 5.74) is 5.84. The number of anilines is 1. The monoisotopic (exact) mass is 343 g/mol. The van der Waals surface area contributed by atoms with Crippen LogP contribution in [-0.2, 0) is 9.53 Å². The molecule has 0 aliphatic carbocycles. The number of rotatable bonds is 5. The Bertz CT molecular complexity index is 710. The Morgan fingerprint density at radius 2 is 1.84 bits per heavy atom. The number of methoxy groups -OCH3 is 1. The average molecular weight is 343 g/mol. The number of benzene rings is 1. The number of hydrogen-bond acceptors (Lipinski definition) is 6. The fourth-order valence-corrected chi connectivity index (χ4v) is 2.50. The van der Waals surface area contributed by atoms with Crippen molar-refractivity contribution < 1.29 is 19.0 Å². The third kappa shape index (κ3) is 4.26. The maximum absolute atomic E-state index is 12.4. The third-order valence-electron chi connectivity index (χ3n) is 4.11. The molecular weight excluding hydrogens is 322 g/mol. The molecule has 1 aliphatic rings. The molecule has 3 rings (SSSR count). The van der Waals surface area contributed by atoms with Gasteiger partial charge in [-0.25, -0.2) is 4.98 Å². The minimum Gasteiger partial charge on any atom is -0.497 e. The molecule has 0 unspecified atom stereocenters. The minimum atomic E-state index is -0.892. The zero-order valence-electron chi connectivity index (χ0n) is 14.0. The van der Waals surface area contributed by atoms with Crippen molar-refractivity contribution in [2.24, 2.45) is 5.73 Å². The Morgan fingerprint density at radius 3 is 2.44 bits per heavy atom. The highest BCUT2D eigenvalue weighted by Gasteiger charge is 2.35. The molecule has 0 atom stereocenters. The van der Waals surface area contributed by atoms with E-state index in [1.807, 2.05) is 0 Å². The van der Waals surface area contributed by atoms with Gasteiger partial charge in [0.25, 0.3) is 0 Å². The molecule has 25 heavy (non-hydrogen) atoms. The number of hydrogen-bond donors (Lipinski definition) is 2. The zero-order valence-corrected chi connectivity index (χ0v) is 14.0. The molecule has 0 spiro atoms. The second-order valence-electron chi connectivity index (χ2n) is 5.89. The summed E-state index contributed by atoms with van der Waals surface area (Å²) in [4.78, 5) is 16.6. The maximum Gasteiger partial charge on any atom is 0.244 e. The summed E-state index contributed by atoms with van der Waals surface area (Å²) >= 11 is 0. The first-order valence-corrected chi connectivity index (χ1v) is 8.05. The van der Waals surface area contributed by atoms with Gasteiger partial charge in [-0.15, -0.1) is 0 Å². The molecule has 1 amide bonds.